The zero-order valence-electron chi connectivity index (χ0n) is 14.5. The van der Waals surface area contributed by atoms with Crippen LogP contribution in [-0.4, -0.2) is 52.3 Å². The second-order valence-electron chi connectivity index (χ2n) is 6.93. The number of rotatable bonds is 6. The molecule has 2 unspecified atom stereocenters. The third-order valence-corrected chi connectivity index (χ3v) is 5.19. The lowest BCUT2D eigenvalue weighted by Gasteiger charge is -2.33. The van der Waals surface area contributed by atoms with Crippen molar-refractivity contribution in [2.75, 3.05) is 26.2 Å². The van der Waals surface area contributed by atoms with Gasteiger partial charge < -0.3 is 15.0 Å². The van der Waals surface area contributed by atoms with Gasteiger partial charge in [-0.2, -0.15) is 13.2 Å². The van der Waals surface area contributed by atoms with E-state index in [0.717, 1.165) is 38.0 Å². The molecule has 1 saturated heterocycles. The normalized spacial score (nSPS) is 23.8. The molecule has 0 bridgehead atoms. The first-order valence-corrected chi connectivity index (χ1v) is 9.00. The number of halogens is 3. The van der Waals surface area contributed by atoms with Crippen LogP contribution in [0.25, 0.3) is 0 Å². The van der Waals surface area contributed by atoms with Crippen molar-refractivity contribution in [2.45, 2.75) is 31.7 Å². The maximum absolute atomic E-state index is 12.7. The van der Waals surface area contributed by atoms with Gasteiger partial charge in [-0.15, -0.1) is 0 Å². The van der Waals surface area contributed by atoms with E-state index in [2.05, 4.69) is 20.2 Å². The molecule has 1 aromatic rings. The third-order valence-electron chi connectivity index (χ3n) is 5.19. The highest BCUT2D eigenvalue weighted by molar-refractivity contribution is 5.27. The van der Waals surface area contributed by atoms with Crippen LogP contribution in [0, 0.1) is 11.8 Å². The molecule has 2 heterocycles. The molecule has 3 rings (SSSR count). The molecule has 8 heteroatoms. The third kappa shape index (κ3) is 4.96. The second-order valence-corrected chi connectivity index (χ2v) is 6.93. The first kappa shape index (κ1) is 19.1. The highest BCUT2D eigenvalue weighted by atomic mass is 19.4. The van der Waals surface area contributed by atoms with Crippen molar-refractivity contribution in [3.8, 4) is 0 Å². The molecule has 0 spiro atoms. The number of aromatic amines is 1. The van der Waals surface area contributed by atoms with Gasteiger partial charge in [0.2, 0.25) is 0 Å². The summed E-state index contributed by atoms with van der Waals surface area (Å²) in [6.07, 6.45) is 4.92. The largest absolute Gasteiger partial charge is 0.395 e. The Labute approximate surface area is 151 Å². The van der Waals surface area contributed by atoms with Gasteiger partial charge in [0.05, 0.1) is 24.1 Å². The van der Waals surface area contributed by atoms with Crippen LogP contribution in [0.5, 0.6) is 0 Å². The number of alkyl halides is 3. The first-order valence-electron chi connectivity index (χ1n) is 9.00. The Morgan fingerprint density at radius 3 is 2.69 bits per heavy atom. The van der Waals surface area contributed by atoms with Gasteiger partial charge in [0.15, 0.2) is 0 Å². The molecule has 1 aliphatic heterocycles. The number of nitrogens with one attached hydrogen (secondary N) is 2. The minimum Gasteiger partial charge on any atom is -0.373 e. The molecule has 1 fully saturated rings. The SMILES string of the molecule is OC(NCCN1CCC(C2=CCC(C(F)(F)F)C=C2)CC1)c1cnc[nH]1. The average molecular weight is 370 g/mol. The Morgan fingerprint density at radius 1 is 1.35 bits per heavy atom. The quantitative estimate of drug-likeness (QED) is 0.674. The number of piperidine rings is 1. The fourth-order valence-corrected chi connectivity index (χ4v) is 3.56. The van der Waals surface area contributed by atoms with Crippen LogP contribution in [0.1, 0.15) is 31.2 Å². The van der Waals surface area contributed by atoms with E-state index in [4.69, 9.17) is 0 Å². The van der Waals surface area contributed by atoms with Gasteiger partial charge in [-0.3, -0.25) is 5.32 Å². The highest BCUT2D eigenvalue weighted by Crippen LogP contribution is 2.36. The molecule has 144 valence electrons. The number of hydrogen-bond donors (Lipinski definition) is 3. The van der Waals surface area contributed by atoms with E-state index in [1.54, 1.807) is 18.3 Å². The fourth-order valence-electron chi connectivity index (χ4n) is 3.56. The van der Waals surface area contributed by atoms with Crippen LogP contribution >= 0.6 is 0 Å². The lowest BCUT2D eigenvalue weighted by molar-refractivity contribution is -0.160. The maximum Gasteiger partial charge on any atom is 0.395 e. The lowest BCUT2D eigenvalue weighted by atomic mass is 9.84. The molecule has 1 aliphatic carbocycles. The van der Waals surface area contributed by atoms with Crippen molar-refractivity contribution < 1.29 is 18.3 Å². The Bertz CT molecular complexity index is 619. The minimum absolute atomic E-state index is 0.0605. The summed E-state index contributed by atoms with van der Waals surface area (Å²) in [7, 11) is 0. The molecular weight excluding hydrogens is 345 g/mol. The highest BCUT2D eigenvalue weighted by Gasteiger charge is 2.38. The number of allylic oxidation sites excluding steroid dienone is 4. The molecule has 1 aromatic heterocycles. The topological polar surface area (TPSA) is 64.2 Å². The summed E-state index contributed by atoms with van der Waals surface area (Å²) in [5, 5.41) is 13.0. The van der Waals surface area contributed by atoms with E-state index in [-0.39, 0.29) is 6.42 Å². The molecule has 3 N–H and O–H groups in total. The Balaban J connectivity index is 1.37. The van der Waals surface area contributed by atoms with E-state index in [0.29, 0.717) is 18.2 Å². The van der Waals surface area contributed by atoms with E-state index < -0.39 is 18.3 Å². The molecule has 0 amide bonds. The van der Waals surface area contributed by atoms with Crippen molar-refractivity contribution in [3.63, 3.8) is 0 Å². The number of imidazole rings is 1. The van der Waals surface area contributed by atoms with Gasteiger partial charge in [-0.1, -0.05) is 18.2 Å². The monoisotopic (exact) mass is 370 g/mol. The van der Waals surface area contributed by atoms with Crippen LogP contribution < -0.4 is 5.32 Å². The molecule has 2 aliphatic rings. The van der Waals surface area contributed by atoms with Crippen LogP contribution in [0.4, 0.5) is 13.2 Å². The summed E-state index contributed by atoms with van der Waals surface area (Å²) >= 11 is 0. The van der Waals surface area contributed by atoms with E-state index in [9.17, 15) is 18.3 Å². The number of hydrogen-bond acceptors (Lipinski definition) is 4. The molecule has 26 heavy (non-hydrogen) atoms. The van der Waals surface area contributed by atoms with E-state index in [1.807, 2.05) is 0 Å². The number of H-pyrrole nitrogens is 1. The molecule has 0 aromatic carbocycles. The Morgan fingerprint density at radius 2 is 2.12 bits per heavy atom. The van der Waals surface area contributed by atoms with Crippen molar-refractivity contribution in [1.82, 2.24) is 20.2 Å². The maximum atomic E-state index is 12.7. The summed E-state index contributed by atoms with van der Waals surface area (Å²) < 4.78 is 38.1. The lowest BCUT2D eigenvalue weighted by Crippen LogP contribution is -2.39. The standard InChI is InChI=1S/C18H25F3N4O/c19-18(20,21)15-3-1-13(2-4-15)14-5-8-25(9-6-14)10-7-23-17(26)16-11-22-12-24-16/h1-3,11-12,14-15,17,23,26H,4-10H2,(H,22,24). The Hall–Kier alpha value is -1.64. The van der Waals surface area contributed by atoms with Gasteiger partial charge in [-0.05, 0) is 43.8 Å². The van der Waals surface area contributed by atoms with Gasteiger partial charge in [0.25, 0.3) is 0 Å². The molecule has 5 nitrogen and oxygen atoms in total. The Kier molecular flexibility index (Phi) is 6.16. The van der Waals surface area contributed by atoms with Crippen molar-refractivity contribution in [1.29, 1.82) is 0 Å². The van der Waals surface area contributed by atoms with Gasteiger partial charge in [-0.25, -0.2) is 4.98 Å². The first-order chi connectivity index (χ1) is 12.4. The van der Waals surface area contributed by atoms with Gasteiger partial charge in [0, 0.05) is 13.1 Å². The average Bonchev–Trinajstić information content (AvgIpc) is 3.16. The van der Waals surface area contributed by atoms with E-state index >= 15 is 0 Å². The van der Waals surface area contributed by atoms with Crippen molar-refractivity contribution in [3.05, 3.63) is 42.0 Å². The predicted octanol–water partition coefficient (Wildman–Crippen LogP) is 2.77. The minimum atomic E-state index is -4.14. The van der Waals surface area contributed by atoms with Gasteiger partial charge in [0.1, 0.15) is 6.23 Å². The van der Waals surface area contributed by atoms with Crippen LogP contribution in [0.15, 0.2) is 36.3 Å². The predicted molar refractivity (Wildman–Crippen MR) is 92.1 cm³/mol. The zero-order chi connectivity index (χ0) is 18.6. The number of likely N-dealkylation sites (tertiary alicyclic amines) is 1. The summed E-state index contributed by atoms with van der Waals surface area (Å²) in [5.41, 5.74) is 1.69. The van der Waals surface area contributed by atoms with Gasteiger partial charge >= 0.3 is 6.18 Å². The van der Waals surface area contributed by atoms with Crippen LogP contribution in [0.3, 0.4) is 0 Å². The van der Waals surface area contributed by atoms with Crippen molar-refractivity contribution >= 4 is 0 Å². The fraction of sp³-hybridized carbons (Fsp3) is 0.611. The molecule has 0 radical (unpaired) electrons. The van der Waals surface area contributed by atoms with Crippen LogP contribution in [0.2, 0.25) is 0 Å². The second kappa shape index (κ2) is 8.37. The van der Waals surface area contributed by atoms with Crippen molar-refractivity contribution in [2.24, 2.45) is 11.8 Å². The number of aromatic nitrogens is 2. The smallest absolute Gasteiger partial charge is 0.373 e. The summed E-state index contributed by atoms with van der Waals surface area (Å²) in [4.78, 5) is 9.05. The molecular formula is C18H25F3N4O. The number of aliphatic hydroxyl groups excluding tert-OH is 1. The van der Waals surface area contributed by atoms with E-state index in [1.165, 1.54) is 12.4 Å². The van der Waals surface area contributed by atoms with Crippen LogP contribution in [-0.2, 0) is 0 Å². The summed E-state index contributed by atoms with van der Waals surface area (Å²) in [5.74, 6) is -0.987. The molecule has 2 atom stereocenters. The number of nitrogens with zero attached hydrogens (tertiary/aromatic N) is 2. The number of aliphatic hydroxyl groups is 1. The molecule has 0 saturated carbocycles. The summed E-state index contributed by atoms with van der Waals surface area (Å²) in [6, 6.07) is 0. The summed E-state index contributed by atoms with van der Waals surface area (Å²) in [6.45, 7) is 3.31. The zero-order valence-corrected chi connectivity index (χ0v) is 14.5.